The Morgan fingerprint density at radius 3 is 2.45 bits per heavy atom. The summed E-state index contributed by atoms with van der Waals surface area (Å²) in [7, 11) is 0. The van der Waals surface area contributed by atoms with Crippen LogP contribution in [0.25, 0.3) is 0 Å². The lowest BCUT2D eigenvalue weighted by Crippen LogP contribution is -1.99. The van der Waals surface area contributed by atoms with Crippen molar-refractivity contribution >= 4 is 18.4 Å². The van der Waals surface area contributed by atoms with Crippen LogP contribution in [0.1, 0.15) is 5.56 Å². The number of hydrogen-bond donors (Lipinski definition) is 1. The summed E-state index contributed by atoms with van der Waals surface area (Å²) in [5, 5.41) is 8.35. The van der Waals surface area contributed by atoms with E-state index in [0.29, 0.717) is 0 Å². The van der Waals surface area contributed by atoms with E-state index < -0.39 is 5.97 Å². The molecule has 3 nitrogen and oxygen atoms in total. The molecule has 1 aromatic rings. The summed E-state index contributed by atoms with van der Waals surface area (Å²) in [4.78, 5) is 13.9. The SMILES string of the molecule is Cl.O=C(O)Cc1ccncc1. The molecule has 0 aliphatic heterocycles. The molecule has 0 aromatic carbocycles. The van der Waals surface area contributed by atoms with Crippen molar-refractivity contribution in [2.24, 2.45) is 0 Å². The first kappa shape index (κ1) is 9.91. The average molecular weight is 174 g/mol. The van der Waals surface area contributed by atoms with E-state index in [1.165, 1.54) is 0 Å². The molecular formula is C7H8ClNO2. The first-order valence-corrected chi connectivity index (χ1v) is 2.90. The zero-order chi connectivity index (χ0) is 7.40. The number of aromatic nitrogens is 1. The minimum atomic E-state index is -0.814. The molecule has 4 heteroatoms. The van der Waals surface area contributed by atoms with Gasteiger partial charge in [-0.3, -0.25) is 9.78 Å². The van der Waals surface area contributed by atoms with Gasteiger partial charge < -0.3 is 5.11 Å². The van der Waals surface area contributed by atoms with Gasteiger partial charge >= 0.3 is 5.97 Å². The number of carbonyl (C=O) groups is 1. The van der Waals surface area contributed by atoms with Gasteiger partial charge in [0, 0.05) is 12.4 Å². The zero-order valence-electron chi connectivity index (χ0n) is 5.73. The molecule has 1 heterocycles. The third kappa shape index (κ3) is 3.57. The molecule has 0 saturated carbocycles. The van der Waals surface area contributed by atoms with Crippen molar-refractivity contribution in [3.8, 4) is 0 Å². The van der Waals surface area contributed by atoms with E-state index in [9.17, 15) is 4.79 Å². The van der Waals surface area contributed by atoms with Crippen LogP contribution in [0, 0.1) is 0 Å². The number of pyridine rings is 1. The molecule has 0 aliphatic rings. The maximum Gasteiger partial charge on any atom is 0.307 e. The van der Waals surface area contributed by atoms with Gasteiger partial charge in [0.05, 0.1) is 6.42 Å². The normalized spacial score (nSPS) is 8.36. The van der Waals surface area contributed by atoms with E-state index in [-0.39, 0.29) is 18.8 Å². The number of aliphatic carboxylic acids is 1. The Hall–Kier alpha value is -1.09. The molecule has 0 spiro atoms. The zero-order valence-corrected chi connectivity index (χ0v) is 6.54. The molecule has 1 N–H and O–H groups in total. The van der Waals surface area contributed by atoms with Gasteiger partial charge in [-0.2, -0.15) is 0 Å². The second-order valence-electron chi connectivity index (χ2n) is 1.93. The van der Waals surface area contributed by atoms with Gasteiger partial charge in [-0.25, -0.2) is 0 Å². The van der Waals surface area contributed by atoms with E-state index in [2.05, 4.69) is 4.98 Å². The molecule has 0 fully saturated rings. The second-order valence-corrected chi connectivity index (χ2v) is 1.93. The van der Waals surface area contributed by atoms with Crippen molar-refractivity contribution in [1.82, 2.24) is 4.98 Å². The van der Waals surface area contributed by atoms with E-state index >= 15 is 0 Å². The molecule has 1 aromatic heterocycles. The highest BCUT2D eigenvalue weighted by atomic mass is 35.5. The lowest BCUT2D eigenvalue weighted by molar-refractivity contribution is -0.136. The Labute approximate surface area is 70.5 Å². The summed E-state index contributed by atoms with van der Waals surface area (Å²) in [6.07, 6.45) is 3.24. The Bertz CT molecular complexity index is 225. The molecule has 60 valence electrons. The van der Waals surface area contributed by atoms with Crippen LogP contribution in [0.4, 0.5) is 0 Å². The predicted octanol–water partition coefficient (Wildman–Crippen LogP) is 1.13. The summed E-state index contributed by atoms with van der Waals surface area (Å²) in [5.41, 5.74) is 0.780. The van der Waals surface area contributed by atoms with Crippen molar-refractivity contribution in [3.05, 3.63) is 30.1 Å². The van der Waals surface area contributed by atoms with Crippen molar-refractivity contribution in [1.29, 1.82) is 0 Å². The molecular weight excluding hydrogens is 166 g/mol. The lowest BCUT2D eigenvalue weighted by Gasteiger charge is -1.92. The monoisotopic (exact) mass is 173 g/mol. The summed E-state index contributed by atoms with van der Waals surface area (Å²) >= 11 is 0. The molecule has 0 radical (unpaired) electrons. The molecule has 0 unspecified atom stereocenters. The number of carboxylic acid groups (broad SMARTS) is 1. The number of hydrogen-bond acceptors (Lipinski definition) is 2. The minimum Gasteiger partial charge on any atom is -0.481 e. The van der Waals surface area contributed by atoms with Crippen LogP contribution < -0.4 is 0 Å². The Morgan fingerprint density at radius 2 is 2.00 bits per heavy atom. The largest absolute Gasteiger partial charge is 0.481 e. The average Bonchev–Trinajstić information content (AvgIpc) is 1.88. The first-order chi connectivity index (χ1) is 4.79. The van der Waals surface area contributed by atoms with Crippen LogP contribution in [-0.4, -0.2) is 16.1 Å². The molecule has 0 saturated heterocycles. The molecule has 1 rings (SSSR count). The number of halogens is 1. The van der Waals surface area contributed by atoms with E-state index in [0.717, 1.165) is 5.56 Å². The summed E-state index contributed by atoms with van der Waals surface area (Å²) in [6.45, 7) is 0. The second kappa shape index (κ2) is 4.68. The van der Waals surface area contributed by atoms with Gasteiger partial charge in [0.1, 0.15) is 0 Å². The Balaban J connectivity index is 0.000001000. The fraction of sp³-hybridized carbons (Fsp3) is 0.143. The van der Waals surface area contributed by atoms with Gasteiger partial charge in [0.2, 0.25) is 0 Å². The molecule has 0 bridgehead atoms. The smallest absolute Gasteiger partial charge is 0.307 e. The summed E-state index contributed by atoms with van der Waals surface area (Å²) in [5.74, 6) is -0.814. The Morgan fingerprint density at radius 1 is 1.45 bits per heavy atom. The van der Waals surface area contributed by atoms with Crippen molar-refractivity contribution in [3.63, 3.8) is 0 Å². The minimum absolute atomic E-state index is 0. The van der Waals surface area contributed by atoms with Crippen LogP contribution >= 0.6 is 12.4 Å². The van der Waals surface area contributed by atoms with Gasteiger partial charge in [-0.1, -0.05) is 0 Å². The predicted molar refractivity (Wildman–Crippen MR) is 42.8 cm³/mol. The van der Waals surface area contributed by atoms with Crippen LogP contribution in [-0.2, 0) is 11.2 Å². The standard InChI is InChI=1S/C7H7NO2.ClH/c9-7(10)5-6-1-3-8-4-2-6;/h1-4H,5H2,(H,9,10);1H. The summed E-state index contributed by atoms with van der Waals surface area (Å²) in [6, 6.07) is 3.38. The third-order valence-electron chi connectivity index (χ3n) is 1.10. The molecule has 0 aliphatic carbocycles. The molecule has 0 amide bonds. The topological polar surface area (TPSA) is 50.2 Å². The highest BCUT2D eigenvalue weighted by molar-refractivity contribution is 5.85. The van der Waals surface area contributed by atoms with E-state index in [1.54, 1.807) is 24.5 Å². The highest BCUT2D eigenvalue weighted by Gasteiger charge is 1.96. The number of rotatable bonds is 2. The van der Waals surface area contributed by atoms with Crippen LogP contribution in [0.15, 0.2) is 24.5 Å². The van der Waals surface area contributed by atoms with E-state index in [4.69, 9.17) is 5.11 Å². The number of carboxylic acids is 1. The van der Waals surface area contributed by atoms with Crippen molar-refractivity contribution in [2.45, 2.75) is 6.42 Å². The maximum absolute atomic E-state index is 10.1. The van der Waals surface area contributed by atoms with E-state index in [1.807, 2.05) is 0 Å². The van der Waals surface area contributed by atoms with Crippen LogP contribution in [0.2, 0.25) is 0 Å². The van der Waals surface area contributed by atoms with Gasteiger partial charge in [0.15, 0.2) is 0 Å². The van der Waals surface area contributed by atoms with Gasteiger partial charge in [-0.15, -0.1) is 12.4 Å². The first-order valence-electron chi connectivity index (χ1n) is 2.90. The van der Waals surface area contributed by atoms with Crippen LogP contribution in [0.5, 0.6) is 0 Å². The van der Waals surface area contributed by atoms with Crippen molar-refractivity contribution in [2.75, 3.05) is 0 Å². The fourth-order valence-corrected chi connectivity index (χ4v) is 0.675. The third-order valence-corrected chi connectivity index (χ3v) is 1.10. The molecule has 0 atom stereocenters. The molecule has 11 heavy (non-hydrogen) atoms. The Kier molecular flexibility index (Phi) is 4.22. The number of nitrogens with zero attached hydrogens (tertiary/aromatic N) is 1. The van der Waals surface area contributed by atoms with Gasteiger partial charge in [-0.05, 0) is 17.7 Å². The fourth-order valence-electron chi connectivity index (χ4n) is 0.675. The van der Waals surface area contributed by atoms with Gasteiger partial charge in [0.25, 0.3) is 0 Å². The lowest BCUT2D eigenvalue weighted by atomic mass is 10.2. The quantitative estimate of drug-likeness (QED) is 0.730. The maximum atomic E-state index is 10.1. The summed E-state index contributed by atoms with van der Waals surface area (Å²) < 4.78 is 0. The highest BCUT2D eigenvalue weighted by Crippen LogP contribution is 1.96. The van der Waals surface area contributed by atoms with Crippen LogP contribution in [0.3, 0.4) is 0 Å². The van der Waals surface area contributed by atoms with Crippen molar-refractivity contribution < 1.29 is 9.90 Å².